The van der Waals surface area contributed by atoms with Crippen LogP contribution in [0.5, 0.6) is 5.75 Å². The van der Waals surface area contributed by atoms with Gasteiger partial charge in [0.1, 0.15) is 5.75 Å². The lowest BCUT2D eigenvalue weighted by Gasteiger charge is -2.27. The van der Waals surface area contributed by atoms with Crippen molar-refractivity contribution in [3.8, 4) is 5.75 Å². The van der Waals surface area contributed by atoms with E-state index in [0.717, 1.165) is 0 Å². The van der Waals surface area contributed by atoms with E-state index in [9.17, 15) is 8.42 Å². The lowest BCUT2D eigenvalue weighted by molar-refractivity contribution is 0.341. The molecule has 0 atom stereocenters. The first-order chi connectivity index (χ1) is 13.4. The number of hydrogen-bond donors (Lipinski definition) is 0. The second-order valence-corrected chi connectivity index (χ2v) is 8.60. The van der Waals surface area contributed by atoms with Gasteiger partial charge in [-0.05, 0) is 43.3 Å². The van der Waals surface area contributed by atoms with Crippen LogP contribution in [0.2, 0.25) is 10.0 Å². The quantitative estimate of drug-likeness (QED) is 0.471. The molecule has 0 aliphatic rings. The van der Waals surface area contributed by atoms with Crippen LogP contribution >= 0.6 is 23.2 Å². The lowest BCUT2D eigenvalue weighted by atomic mass is 10.2. The summed E-state index contributed by atoms with van der Waals surface area (Å²) in [5, 5.41) is 0.796. The Hall–Kier alpha value is -2.21. The Morgan fingerprint density at radius 3 is 2.11 bits per heavy atom. The third-order valence-corrected chi connectivity index (χ3v) is 6.61. The normalized spacial score (nSPS) is 11.2. The van der Waals surface area contributed by atoms with Gasteiger partial charge in [0.15, 0.2) is 0 Å². The van der Waals surface area contributed by atoms with Crippen LogP contribution < -0.4 is 9.04 Å². The van der Waals surface area contributed by atoms with Gasteiger partial charge in [0, 0.05) is 15.6 Å². The molecule has 7 heteroatoms. The van der Waals surface area contributed by atoms with E-state index in [4.69, 9.17) is 27.9 Å². The van der Waals surface area contributed by atoms with Crippen molar-refractivity contribution in [2.45, 2.75) is 18.4 Å². The Morgan fingerprint density at radius 2 is 1.46 bits per heavy atom. The Kier molecular flexibility index (Phi) is 6.50. The fourth-order valence-corrected chi connectivity index (χ4v) is 4.77. The van der Waals surface area contributed by atoms with Crippen molar-refractivity contribution >= 4 is 38.9 Å². The fraction of sp³-hybridized carbons (Fsp3) is 0.143. The number of nitrogens with zero attached hydrogens (tertiary/aromatic N) is 1. The van der Waals surface area contributed by atoms with E-state index in [1.54, 1.807) is 72.8 Å². The first kappa shape index (κ1) is 20.5. The van der Waals surface area contributed by atoms with Crippen molar-refractivity contribution in [2.24, 2.45) is 0 Å². The summed E-state index contributed by atoms with van der Waals surface area (Å²) in [6.45, 7) is 2.22. The van der Waals surface area contributed by atoms with Crippen molar-refractivity contribution in [3.05, 3.63) is 88.4 Å². The molecule has 0 amide bonds. The molecule has 3 rings (SSSR count). The molecule has 28 heavy (non-hydrogen) atoms. The van der Waals surface area contributed by atoms with E-state index in [1.807, 2.05) is 6.92 Å². The van der Waals surface area contributed by atoms with Gasteiger partial charge >= 0.3 is 0 Å². The highest BCUT2D eigenvalue weighted by atomic mass is 35.5. The van der Waals surface area contributed by atoms with Gasteiger partial charge in [0.05, 0.1) is 23.7 Å². The van der Waals surface area contributed by atoms with Gasteiger partial charge in [-0.1, -0.05) is 59.6 Å². The summed E-state index contributed by atoms with van der Waals surface area (Å²) in [7, 11) is -3.89. The van der Waals surface area contributed by atoms with Crippen molar-refractivity contribution in [2.75, 3.05) is 10.9 Å². The minimum absolute atomic E-state index is 0.0280. The smallest absolute Gasteiger partial charge is 0.264 e. The minimum Gasteiger partial charge on any atom is -0.492 e. The van der Waals surface area contributed by atoms with Crippen LogP contribution in [0.4, 0.5) is 5.69 Å². The lowest BCUT2D eigenvalue weighted by Crippen LogP contribution is -2.31. The Morgan fingerprint density at radius 1 is 0.857 bits per heavy atom. The topological polar surface area (TPSA) is 46.6 Å². The zero-order valence-electron chi connectivity index (χ0n) is 15.2. The van der Waals surface area contributed by atoms with Gasteiger partial charge in [0.25, 0.3) is 10.0 Å². The van der Waals surface area contributed by atoms with E-state index in [-0.39, 0.29) is 11.4 Å². The Labute approximate surface area is 175 Å². The number of para-hydroxylation sites is 2. The predicted molar refractivity (Wildman–Crippen MR) is 114 cm³/mol. The third kappa shape index (κ3) is 4.27. The number of sulfonamides is 1. The molecule has 0 saturated carbocycles. The second kappa shape index (κ2) is 8.86. The SMILES string of the molecule is CCOc1ccccc1N(Cc1c(Cl)cccc1Cl)S(=O)(=O)c1ccccc1. The van der Waals surface area contributed by atoms with E-state index < -0.39 is 10.0 Å². The summed E-state index contributed by atoms with van der Waals surface area (Å²) >= 11 is 12.6. The van der Waals surface area contributed by atoms with Gasteiger partial charge in [-0.15, -0.1) is 0 Å². The maximum atomic E-state index is 13.5. The van der Waals surface area contributed by atoms with Crippen molar-refractivity contribution < 1.29 is 13.2 Å². The molecule has 0 aromatic heterocycles. The molecule has 0 unspecified atom stereocenters. The molecule has 0 aliphatic heterocycles. The van der Waals surface area contributed by atoms with Crippen LogP contribution in [0.25, 0.3) is 0 Å². The average molecular weight is 436 g/mol. The number of hydrogen-bond acceptors (Lipinski definition) is 3. The summed E-state index contributed by atoms with van der Waals surface area (Å²) in [5.74, 6) is 0.465. The zero-order chi connectivity index (χ0) is 20.1. The highest BCUT2D eigenvalue weighted by Gasteiger charge is 2.28. The largest absolute Gasteiger partial charge is 0.492 e. The molecule has 3 aromatic carbocycles. The summed E-state index contributed by atoms with van der Waals surface area (Å²) in [4.78, 5) is 0.171. The Balaban J connectivity index is 2.18. The number of benzene rings is 3. The standard InChI is InChI=1S/C21H19Cl2NO3S/c1-2-27-21-14-7-6-13-20(21)24(15-17-18(22)11-8-12-19(17)23)28(25,26)16-9-4-3-5-10-16/h3-14H,2,15H2,1H3. The molecule has 0 spiro atoms. The molecule has 0 N–H and O–H groups in total. The van der Waals surface area contributed by atoms with Crippen molar-refractivity contribution in [1.82, 2.24) is 0 Å². The zero-order valence-corrected chi connectivity index (χ0v) is 17.5. The van der Waals surface area contributed by atoms with Gasteiger partial charge in [-0.3, -0.25) is 4.31 Å². The molecule has 0 aliphatic carbocycles. The molecule has 0 bridgehead atoms. The van der Waals surface area contributed by atoms with Crippen molar-refractivity contribution in [1.29, 1.82) is 0 Å². The number of anilines is 1. The van der Waals surface area contributed by atoms with E-state index >= 15 is 0 Å². The summed E-state index contributed by atoms with van der Waals surface area (Å²) < 4.78 is 34.0. The van der Waals surface area contributed by atoms with Crippen LogP contribution in [0.1, 0.15) is 12.5 Å². The monoisotopic (exact) mass is 435 g/mol. The molecule has 3 aromatic rings. The fourth-order valence-electron chi connectivity index (χ4n) is 2.79. The highest BCUT2D eigenvalue weighted by molar-refractivity contribution is 7.92. The minimum atomic E-state index is -3.89. The van der Waals surface area contributed by atoms with Gasteiger partial charge < -0.3 is 4.74 Å². The molecule has 0 fully saturated rings. The van der Waals surface area contributed by atoms with Crippen LogP contribution in [0.15, 0.2) is 77.7 Å². The Bertz CT molecular complexity index is 1040. The summed E-state index contributed by atoms with van der Waals surface area (Å²) in [5.41, 5.74) is 0.945. The average Bonchev–Trinajstić information content (AvgIpc) is 2.69. The predicted octanol–water partition coefficient (Wildman–Crippen LogP) is 5.79. The number of ether oxygens (including phenoxy) is 1. The van der Waals surface area contributed by atoms with Crippen LogP contribution in [-0.4, -0.2) is 15.0 Å². The molecular formula is C21H19Cl2NO3S. The second-order valence-electron chi connectivity index (χ2n) is 5.93. The molecule has 146 valence electrons. The van der Waals surface area contributed by atoms with Crippen molar-refractivity contribution in [3.63, 3.8) is 0 Å². The van der Waals surface area contributed by atoms with Crippen LogP contribution in [0.3, 0.4) is 0 Å². The van der Waals surface area contributed by atoms with Gasteiger partial charge in [0.2, 0.25) is 0 Å². The number of rotatable bonds is 7. The van der Waals surface area contributed by atoms with Crippen LogP contribution in [-0.2, 0) is 16.6 Å². The summed E-state index contributed by atoms with van der Waals surface area (Å²) in [6, 6.07) is 20.3. The molecular weight excluding hydrogens is 417 g/mol. The third-order valence-electron chi connectivity index (χ3n) is 4.13. The molecule has 0 saturated heterocycles. The number of halogens is 2. The first-order valence-electron chi connectivity index (χ1n) is 8.67. The van der Waals surface area contributed by atoms with Gasteiger partial charge in [-0.25, -0.2) is 8.42 Å². The van der Waals surface area contributed by atoms with Crippen LogP contribution in [0, 0.1) is 0 Å². The summed E-state index contributed by atoms with van der Waals surface area (Å²) in [6.07, 6.45) is 0. The first-order valence-corrected chi connectivity index (χ1v) is 10.9. The maximum Gasteiger partial charge on any atom is 0.264 e. The maximum absolute atomic E-state index is 13.5. The van der Waals surface area contributed by atoms with E-state index in [1.165, 1.54) is 4.31 Å². The van der Waals surface area contributed by atoms with E-state index in [2.05, 4.69) is 0 Å². The van der Waals surface area contributed by atoms with Gasteiger partial charge in [-0.2, -0.15) is 0 Å². The van der Waals surface area contributed by atoms with E-state index in [0.29, 0.717) is 33.7 Å². The molecule has 0 radical (unpaired) electrons. The highest BCUT2D eigenvalue weighted by Crippen LogP contribution is 2.36. The molecule has 4 nitrogen and oxygen atoms in total. The molecule has 0 heterocycles.